The Morgan fingerprint density at radius 3 is 2.20 bits per heavy atom. The van der Waals surface area contributed by atoms with Crippen molar-refractivity contribution in [3.63, 3.8) is 0 Å². The quantitative estimate of drug-likeness (QED) is 0.705. The fourth-order valence-corrected chi connectivity index (χ4v) is 1.14. The molecule has 15 heavy (non-hydrogen) atoms. The number of nitrogens with two attached hydrogens (primary N) is 1. The SMILES string of the molecule is N[C@H](c1ccccc1O)[C@@H](O)C(F)(F)F. The van der Waals surface area contributed by atoms with Gasteiger partial charge in [0.2, 0.25) is 0 Å². The lowest BCUT2D eigenvalue weighted by atomic mass is 10.0. The van der Waals surface area contributed by atoms with E-state index >= 15 is 0 Å². The maximum atomic E-state index is 12.1. The second-order valence-electron chi connectivity index (χ2n) is 3.07. The van der Waals surface area contributed by atoms with Gasteiger partial charge < -0.3 is 15.9 Å². The van der Waals surface area contributed by atoms with Crippen LogP contribution in [0.4, 0.5) is 13.2 Å². The Labute approximate surface area is 84.0 Å². The summed E-state index contributed by atoms with van der Waals surface area (Å²) < 4.78 is 36.3. The number of aromatic hydroxyl groups is 1. The van der Waals surface area contributed by atoms with E-state index in [1.54, 1.807) is 0 Å². The molecule has 0 heterocycles. The van der Waals surface area contributed by atoms with Crippen LogP contribution in [-0.4, -0.2) is 22.5 Å². The van der Waals surface area contributed by atoms with Gasteiger partial charge in [-0.05, 0) is 6.07 Å². The molecule has 0 aliphatic rings. The highest BCUT2D eigenvalue weighted by molar-refractivity contribution is 5.35. The van der Waals surface area contributed by atoms with E-state index in [1.807, 2.05) is 0 Å². The van der Waals surface area contributed by atoms with E-state index < -0.39 is 18.3 Å². The summed E-state index contributed by atoms with van der Waals surface area (Å²) in [6.45, 7) is 0. The van der Waals surface area contributed by atoms with Gasteiger partial charge in [-0.25, -0.2) is 0 Å². The monoisotopic (exact) mass is 221 g/mol. The Hall–Kier alpha value is -1.27. The van der Waals surface area contributed by atoms with E-state index in [2.05, 4.69) is 0 Å². The van der Waals surface area contributed by atoms with Crippen molar-refractivity contribution in [3.8, 4) is 5.75 Å². The number of aliphatic hydroxyl groups is 1. The maximum Gasteiger partial charge on any atom is 0.416 e. The normalized spacial score (nSPS) is 16.1. The first-order valence-corrected chi connectivity index (χ1v) is 4.12. The summed E-state index contributed by atoms with van der Waals surface area (Å²) in [5, 5.41) is 18.1. The summed E-state index contributed by atoms with van der Waals surface area (Å²) in [7, 11) is 0. The molecular formula is C9H10F3NO2. The highest BCUT2D eigenvalue weighted by atomic mass is 19.4. The molecule has 6 heteroatoms. The topological polar surface area (TPSA) is 66.5 Å². The van der Waals surface area contributed by atoms with E-state index in [1.165, 1.54) is 24.3 Å². The molecule has 0 aliphatic heterocycles. The lowest BCUT2D eigenvalue weighted by Crippen LogP contribution is -2.38. The fraction of sp³-hybridized carbons (Fsp3) is 0.333. The molecule has 1 aromatic rings. The molecule has 0 bridgehead atoms. The molecule has 0 aliphatic carbocycles. The zero-order chi connectivity index (χ0) is 11.6. The second-order valence-corrected chi connectivity index (χ2v) is 3.07. The lowest BCUT2D eigenvalue weighted by Gasteiger charge is -2.22. The van der Waals surface area contributed by atoms with Crippen LogP contribution in [0.15, 0.2) is 24.3 Å². The van der Waals surface area contributed by atoms with Crippen LogP contribution in [0.5, 0.6) is 5.75 Å². The van der Waals surface area contributed by atoms with Gasteiger partial charge in [0.15, 0.2) is 6.10 Å². The van der Waals surface area contributed by atoms with Crippen LogP contribution < -0.4 is 5.73 Å². The number of rotatable bonds is 2. The Kier molecular flexibility index (Phi) is 3.21. The number of aliphatic hydroxyl groups excluding tert-OH is 1. The third kappa shape index (κ3) is 2.60. The summed E-state index contributed by atoms with van der Waals surface area (Å²) in [5.74, 6) is -0.367. The van der Waals surface area contributed by atoms with Crippen LogP contribution in [0.25, 0.3) is 0 Å². The standard InChI is InChI=1S/C9H10F3NO2/c10-9(11,12)8(15)7(13)5-3-1-2-4-6(5)14/h1-4,7-8,14-15H,13H2/t7-,8-/m1/s1. The van der Waals surface area contributed by atoms with E-state index in [4.69, 9.17) is 10.8 Å². The second kappa shape index (κ2) is 4.08. The van der Waals surface area contributed by atoms with Crippen molar-refractivity contribution in [2.45, 2.75) is 18.3 Å². The van der Waals surface area contributed by atoms with E-state index in [-0.39, 0.29) is 11.3 Å². The minimum absolute atomic E-state index is 0.137. The summed E-state index contributed by atoms with van der Waals surface area (Å²) in [5.41, 5.74) is 5.06. The molecule has 0 saturated heterocycles. The van der Waals surface area contributed by atoms with Crippen molar-refractivity contribution < 1.29 is 23.4 Å². The maximum absolute atomic E-state index is 12.1. The van der Waals surface area contributed by atoms with Crippen molar-refractivity contribution >= 4 is 0 Å². The predicted octanol–water partition coefficient (Wildman–Crippen LogP) is 1.32. The first-order chi connectivity index (χ1) is 6.84. The third-order valence-electron chi connectivity index (χ3n) is 1.97. The molecular weight excluding hydrogens is 211 g/mol. The van der Waals surface area contributed by atoms with Crippen molar-refractivity contribution in [3.05, 3.63) is 29.8 Å². The average molecular weight is 221 g/mol. The van der Waals surface area contributed by atoms with Gasteiger partial charge in [-0.2, -0.15) is 13.2 Å². The summed E-state index contributed by atoms with van der Waals surface area (Å²) in [6.07, 6.45) is -7.49. The molecule has 0 fully saturated rings. The van der Waals surface area contributed by atoms with Crippen LogP contribution in [0, 0.1) is 0 Å². The van der Waals surface area contributed by atoms with E-state index in [0.29, 0.717) is 0 Å². The summed E-state index contributed by atoms with van der Waals surface area (Å²) in [4.78, 5) is 0. The Morgan fingerprint density at radius 1 is 1.20 bits per heavy atom. The number of phenols is 1. The summed E-state index contributed by atoms with van der Waals surface area (Å²) >= 11 is 0. The highest BCUT2D eigenvalue weighted by Gasteiger charge is 2.43. The fourth-order valence-electron chi connectivity index (χ4n) is 1.14. The number of benzene rings is 1. The number of hydrogen-bond acceptors (Lipinski definition) is 3. The zero-order valence-electron chi connectivity index (χ0n) is 7.57. The van der Waals surface area contributed by atoms with Crippen molar-refractivity contribution in [1.82, 2.24) is 0 Å². The molecule has 0 radical (unpaired) electrons. The van der Waals surface area contributed by atoms with Gasteiger partial charge >= 0.3 is 6.18 Å². The van der Waals surface area contributed by atoms with Crippen LogP contribution >= 0.6 is 0 Å². The Morgan fingerprint density at radius 2 is 1.73 bits per heavy atom. The minimum Gasteiger partial charge on any atom is -0.508 e. The highest BCUT2D eigenvalue weighted by Crippen LogP contribution is 2.32. The van der Waals surface area contributed by atoms with Crippen molar-refractivity contribution in [2.75, 3.05) is 0 Å². The Balaban J connectivity index is 2.95. The zero-order valence-corrected chi connectivity index (χ0v) is 7.57. The molecule has 0 aromatic heterocycles. The molecule has 0 spiro atoms. The first-order valence-electron chi connectivity index (χ1n) is 4.12. The molecule has 1 aromatic carbocycles. The van der Waals surface area contributed by atoms with Crippen molar-refractivity contribution in [1.29, 1.82) is 0 Å². The number of hydrogen-bond donors (Lipinski definition) is 3. The van der Waals surface area contributed by atoms with Crippen molar-refractivity contribution in [2.24, 2.45) is 5.73 Å². The average Bonchev–Trinajstić information content (AvgIpc) is 2.15. The van der Waals surface area contributed by atoms with Crippen LogP contribution in [0.2, 0.25) is 0 Å². The van der Waals surface area contributed by atoms with Crippen LogP contribution in [-0.2, 0) is 0 Å². The molecule has 1 rings (SSSR count). The smallest absolute Gasteiger partial charge is 0.416 e. The van der Waals surface area contributed by atoms with Crippen LogP contribution in [0.3, 0.4) is 0 Å². The number of alkyl halides is 3. The molecule has 0 saturated carbocycles. The number of halogens is 3. The Bertz CT molecular complexity index is 340. The number of para-hydroxylation sites is 1. The number of phenolic OH excluding ortho intramolecular Hbond substituents is 1. The van der Waals surface area contributed by atoms with Gasteiger partial charge in [-0.15, -0.1) is 0 Å². The van der Waals surface area contributed by atoms with Gasteiger partial charge in [-0.1, -0.05) is 18.2 Å². The van der Waals surface area contributed by atoms with Gasteiger partial charge in [-0.3, -0.25) is 0 Å². The lowest BCUT2D eigenvalue weighted by molar-refractivity contribution is -0.210. The van der Waals surface area contributed by atoms with E-state index in [9.17, 15) is 18.3 Å². The largest absolute Gasteiger partial charge is 0.508 e. The van der Waals surface area contributed by atoms with Gasteiger partial charge in [0, 0.05) is 5.56 Å². The van der Waals surface area contributed by atoms with Gasteiger partial charge in [0.25, 0.3) is 0 Å². The van der Waals surface area contributed by atoms with Gasteiger partial charge in [0.1, 0.15) is 5.75 Å². The van der Waals surface area contributed by atoms with Crippen LogP contribution in [0.1, 0.15) is 11.6 Å². The molecule has 0 unspecified atom stereocenters. The first kappa shape index (κ1) is 11.8. The third-order valence-corrected chi connectivity index (χ3v) is 1.97. The minimum atomic E-state index is -4.80. The molecule has 2 atom stereocenters. The molecule has 3 nitrogen and oxygen atoms in total. The molecule has 4 N–H and O–H groups in total. The summed E-state index contributed by atoms with van der Waals surface area (Å²) in [6, 6.07) is 3.63. The van der Waals surface area contributed by atoms with E-state index in [0.717, 1.165) is 0 Å². The predicted molar refractivity (Wildman–Crippen MR) is 47.1 cm³/mol. The molecule has 84 valence electrons. The van der Waals surface area contributed by atoms with Gasteiger partial charge in [0.05, 0.1) is 6.04 Å². The molecule has 0 amide bonds.